The first kappa shape index (κ1) is 8.74. The summed E-state index contributed by atoms with van der Waals surface area (Å²) < 4.78 is 3.11. The minimum atomic E-state index is 0.939. The highest BCUT2D eigenvalue weighted by Gasteiger charge is 2.06. The predicted molar refractivity (Wildman–Crippen MR) is 47.2 cm³/mol. The summed E-state index contributed by atoms with van der Waals surface area (Å²) >= 11 is 3.46. The van der Waals surface area contributed by atoms with Crippen molar-refractivity contribution in [2.24, 2.45) is 0 Å². The topological polar surface area (TPSA) is 34.4 Å². The molecule has 0 fully saturated rings. The molecule has 0 bridgehead atoms. The van der Waals surface area contributed by atoms with Crippen molar-refractivity contribution in [3.63, 3.8) is 0 Å². The van der Waals surface area contributed by atoms with Gasteiger partial charge in [-0.25, -0.2) is 0 Å². The van der Waals surface area contributed by atoms with Crippen LogP contribution in [0.3, 0.4) is 0 Å². The summed E-state index contributed by atoms with van der Waals surface area (Å²) in [5, 5.41) is 6.34. The fourth-order valence-electron chi connectivity index (χ4n) is 1.06. The van der Waals surface area contributed by atoms with Crippen molar-refractivity contribution in [1.82, 2.24) is 9.78 Å². The molecule has 4 heteroatoms. The second-order valence-electron chi connectivity index (χ2n) is 2.37. The molecule has 0 spiro atoms. The summed E-state index contributed by atoms with van der Waals surface area (Å²) in [4.78, 5) is 0. The van der Waals surface area contributed by atoms with Gasteiger partial charge in [0.25, 0.3) is 0 Å². The Balaban J connectivity index is 2.88. The smallest absolute Gasteiger partial charge is 0.119 e. The maximum absolute atomic E-state index is 4.20. The maximum Gasteiger partial charge on any atom is 0.119 e. The summed E-state index contributed by atoms with van der Waals surface area (Å²) in [7, 11) is 2.06. The number of rotatable bonds is 3. The number of aryl methyl sites for hydroxylation is 1. The lowest BCUT2D eigenvalue weighted by molar-refractivity contribution is -0.644. The molecule has 2 N–H and O–H groups in total. The van der Waals surface area contributed by atoms with E-state index in [1.165, 1.54) is 5.69 Å². The summed E-state index contributed by atoms with van der Waals surface area (Å²) in [5.74, 6) is 0. The maximum atomic E-state index is 4.20. The number of aromatic nitrogens is 2. The molecule has 0 saturated heterocycles. The van der Waals surface area contributed by atoms with Crippen molar-refractivity contribution >= 4 is 15.9 Å². The third-order valence-electron chi connectivity index (χ3n) is 1.59. The molecule has 62 valence electrons. The Hall–Kier alpha value is -0.350. The van der Waals surface area contributed by atoms with Crippen LogP contribution in [0.5, 0.6) is 0 Å². The standard InChI is InChI=1S/C7H12BrN3/c1-3-11-7(5-9-2)6(8)4-10-11/h4,9H,3,5H2,1-2H3/p+1. The molecule has 1 rings (SSSR count). The van der Waals surface area contributed by atoms with Gasteiger partial charge in [0, 0.05) is 6.54 Å². The summed E-state index contributed by atoms with van der Waals surface area (Å²) in [5.41, 5.74) is 1.26. The van der Waals surface area contributed by atoms with Crippen molar-refractivity contribution in [2.45, 2.75) is 20.0 Å². The van der Waals surface area contributed by atoms with Gasteiger partial charge in [-0.15, -0.1) is 0 Å². The van der Waals surface area contributed by atoms with Crippen LogP contribution in [-0.4, -0.2) is 16.8 Å². The normalized spacial score (nSPS) is 10.5. The molecule has 0 aromatic carbocycles. The van der Waals surface area contributed by atoms with Gasteiger partial charge in [0.15, 0.2) is 0 Å². The zero-order valence-corrected chi connectivity index (χ0v) is 8.43. The molecule has 0 aliphatic carbocycles. The van der Waals surface area contributed by atoms with E-state index in [1.54, 1.807) is 0 Å². The Morgan fingerprint density at radius 2 is 2.45 bits per heavy atom. The molecule has 0 atom stereocenters. The third-order valence-corrected chi connectivity index (χ3v) is 2.26. The predicted octanol–water partition coefficient (Wildman–Crippen LogP) is 0.359. The van der Waals surface area contributed by atoms with Crippen molar-refractivity contribution < 1.29 is 5.32 Å². The summed E-state index contributed by atoms with van der Waals surface area (Å²) in [6, 6.07) is 0. The fraction of sp³-hybridized carbons (Fsp3) is 0.571. The zero-order valence-electron chi connectivity index (χ0n) is 6.84. The second kappa shape index (κ2) is 3.88. The molecule has 11 heavy (non-hydrogen) atoms. The first-order valence-corrected chi connectivity index (χ1v) is 4.56. The third kappa shape index (κ3) is 1.81. The molecule has 0 radical (unpaired) electrons. The van der Waals surface area contributed by atoms with Crippen LogP contribution in [0.15, 0.2) is 10.7 Å². The van der Waals surface area contributed by atoms with Crippen LogP contribution in [0.2, 0.25) is 0 Å². The van der Waals surface area contributed by atoms with Crippen molar-refractivity contribution in [3.05, 3.63) is 16.4 Å². The van der Waals surface area contributed by atoms with Crippen LogP contribution < -0.4 is 5.32 Å². The number of nitrogens with two attached hydrogens (primary N) is 1. The van der Waals surface area contributed by atoms with Gasteiger partial charge in [-0.1, -0.05) is 0 Å². The molecule has 0 amide bonds. The Morgan fingerprint density at radius 3 is 3.00 bits per heavy atom. The zero-order chi connectivity index (χ0) is 8.27. The molecular formula is C7H13BrN3+. The largest absolute Gasteiger partial charge is 0.344 e. The van der Waals surface area contributed by atoms with Crippen LogP contribution in [0.1, 0.15) is 12.6 Å². The van der Waals surface area contributed by atoms with Gasteiger partial charge in [-0.2, -0.15) is 5.10 Å². The van der Waals surface area contributed by atoms with Crippen molar-refractivity contribution in [1.29, 1.82) is 0 Å². The Labute approximate surface area is 74.9 Å². The highest BCUT2D eigenvalue weighted by Crippen LogP contribution is 2.14. The Kier molecular flexibility index (Phi) is 3.08. The second-order valence-corrected chi connectivity index (χ2v) is 3.22. The molecule has 1 aromatic rings. The highest BCUT2D eigenvalue weighted by molar-refractivity contribution is 9.10. The monoisotopic (exact) mass is 218 g/mol. The van der Waals surface area contributed by atoms with E-state index in [2.05, 4.69) is 40.3 Å². The SMILES string of the molecule is CCn1ncc(Br)c1C[NH2+]C. The Morgan fingerprint density at radius 1 is 1.73 bits per heavy atom. The number of halogens is 1. The average Bonchev–Trinajstić information content (AvgIpc) is 2.34. The lowest BCUT2D eigenvalue weighted by Gasteiger charge is -2.01. The quantitative estimate of drug-likeness (QED) is 0.782. The van der Waals surface area contributed by atoms with Gasteiger partial charge in [0.1, 0.15) is 12.2 Å². The number of nitrogens with zero attached hydrogens (tertiary/aromatic N) is 2. The van der Waals surface area contributed by atoms with Crippen molar-refractivity contribution in [3.8, 4) is 0 Å². The van der Waals surface area contributed by atoms with Crippen LogP contribution in [-0.2, 0) is 13.1 Å². The molecular weight excluding hydrogens is 206 g/mol. The van der Waals surface area contributed by atoms with E-state index >= 15 is 0 Å². The highest BCUT2D eigenvalue weighted by atomic mass is 79.9. The lowest BCUT2D eigenvalue weighted by Crippen LogP contribution is -2.78. The number of hydrogen-bond acceptors (Lipinski definition) is 1. The van der Waals surface area contributed by atoms with Crippen LogP contribution in [0, 0.1) is 0 Å². The van der Waals surface area contributed by atoms with E-state index in [1.807, 2.05) is 10.9 Å². The van der Waals surface area contributed by atoms with Crippen LogP contribution in [0.25, 0.3) is 0 Å². The van der Waals surface area contributed by atoms with Crippen LogP contribution >= 0.6 is 15.9 Å². The van der Waals surface area contributed by atoms with Crippen molar-refractivity contribution in [2.75, 3.05) is 7.05 Å². The van der Waals surface area contributed by atoms with Gasteiger partial charge in [0.2, 0.25) is 0 Å². The van der Waals surface area contributed by atoms with Gasteiger partial charge in [-0.3, -0.25) is 4.68 Å². The van der Waals surface area contributed by atoms with E-state index in [0.717, 1.165) is 17.6 Å². The minimum absolute atomic E-state index is 0.939. The van der Waals surface area contributed by atoms with Gasteiger partial charge >= 0.3 is 0 Å². The summed E-state index contributed by atoms with van der Waals surface area (Å²) in [6.07, 6.45) is 1.85. The van der Waals surface area contributed by atoms with E-state index < -0.39 is 0 Å². The molecule has 3 nitrogen and oxygen atoms in total. The van der Waals surface area contributed by atoms with Gasteiger partial charge in [-0.05, 0) is 22.9 Å². The first-order valence-electron chi connectivity index (χ1n) is 3.77. The van der Waals surface area contributed by atoms with E-state index in [4.69, 9.17) is 0 Å². The molecule has 1 aromatic heterocycles. The van der Waals surface area contributed by atoms with Crippen LogP contribution in [0.4, 0.5) is 0 Å². The van der Waals surface area contributed by atoms with E-state index in [9.17, 15) is 0 Å². The van der Waals surface area contributed by atoms with Gasteiger partial charge in [0.05, 0.1) is 17.7 Å². The van der Waals surface area contributed by atoms with Gasteiger partial charge < -0.3 is 5.32 Å². The van der Waals surface area contributed by atoms with E-state index in [0.29, 0.717) is 0 Å². The lowest BCUT2D eigenvalue weighted by atomic mass is 10.4. The number of hydrogen-bond donors (Lipinski definition) is 1. The minimum Gasteiger partial charge on any atom is -0.344 e. The first-order chi connectivity index (χ1) is 5.29. The molecule has 0 aliphatic heterocycles. The Bertz CT molecular complexity index is 232. The molecule has 0 unspecified atom stereocenters. The summed E-state index contributed by atoms with van der Waals surface area (Å²) in [6.45, 7) is 4.02. The average molecular weight is 219 g/mol. The van der Waals surface area contributed by atoms with E-state index in [-0.39, 0.29) is 0 Å². The fourth-order valence-corrected chi connectivity index (χ4v) is 1.51. The molecule has 1 heterocycles. The number of quaternary nitrogens is 1. The molecule has 0 saturated carbocycles. The molecule has 0 aliphatic rings.